The molecule has 3 amide bonds. The van der Waals surface area contributed by atoms with Crippen molar-refractivity contribution in [1.29, 1.82) is 0 Å². The molecule has 3 aliphatic heterocycles. The van der Waals surface area contributed by atoms with E-state index in [1.54, 1.807) is 17.8 Å². The molecule has 154 valence electrons. The molecule has 5 rings (SSSR count). The lowest BCUT2D eigenvalue weighted by Crippen LogP contribution is -2.99. The van der Waals surface area contributed by atoms with Crippen molar-refractivity contribution in [2.24, 2.45) is 11.8 Å². The van der Waals surface area contributed by atoms with Gasteiger partial charge in [-0.3, -0.25) is 19.3 Å². The fourth-order valence-electron chi connectivity index (χ4n) is 6.00. The number of fused-ring (bicyclic) bond motifs is 4. The summed E-state index contributed by atoms with van der Waals surface area (Å²) in [6, 6.07) is 3.98. The van der Waals surface area contributed by atoms with Gasteiger partial charge in [-0.1, -0.05) is 12.8 Å². The first-order valence-corrected chi connectivity index (χ1v) is 11.7. The zero-order valence-electron chi connectivity index (χ0n) is 16.3. The maximum Gasteiger partial charge on any atom is 0.291 e. The standard InChI is InChI=1S/C21H24FN3O3S/c1-29-9-8-15-16-17(19(27)25(18(16)26)12-4-2-3-5-12)21(24-15)13-10-11(22)6-7-14(13)23-20(21)28/h6-7,10,12,15-17,24H,2-5,8-9H2,1H3,(H,23,28)/p+1/t15-,16+,17+,21-/m0/s1. The Kier molecular flexibility index (Phi) is 4.47. The Balaban J connectivity index is 1.63. The number of halogens is 1. The molecule has 1 aliphatic carbocycles. The second-order valence-corrected chi connectivity index (χ2v) is 9.60. The first-order chi connectivity index (χ1) is 14.0. The molecule has 0 unspecified atom stereocenters. The van der Waals surface area contributed by atoms with E-state index < -0.39 is 23.2 Å². The van der Waals surface area contributed by atoms with E-state index in [0.29, 0.717) is 11.3 Å². The van der Waals surface area contributed by atoms with Crippen LogP contribution in [-0.2, 0) is 19.9 Å². The van der Waals surface area contributed by atoms with Gasteiger partial charge in [0.2, 0.25) is 17.4 Å². The van der Waals surface area contributed by atoms with Crippen LogP contribution in [-0.4, -0.2) is 46.7 Å². The van der Waals surface area contributed by atoms with Gasteiger partial charge in [0, 0.05) is 18.0 Å². The lowest BCUT2D eigenvalue weighted by atomic mass is 9.76. The Morgan fingerprint density at radius 2 is 2.00 bits per heavy atom. The number of benzene rings is 1. The highest BCUT2D eigenvalue weighted by Crippen LogP contribution is 2.50. The minimum absolute atomic E-state index is 0.0599. The number of anilines is 1. The number of nitrogens with zero attached hydrogens (tertiary/aromatic N) is 1. The van der Waals surface area contributed by atoms with Crippen molar-refractivity contribution in [3.05, 3.63) is 29.6 Å². The van der Waals surface area contributed by atoms with Gasteiger partial charge in [0.1, 0.15) is 23.7 Å². The largest absolute Gasteiger partial charge is 0.326 e. The summed E-state index contributed by atoms with van der Waals surface area (Å²) in [7, 11) is 0. The van der Waals surface area contributed by atoms with Gasteiger partial charge in [0.15, 0.2) is 0 Å². The molecule has 6 nitrogen and oxygen atoms in total. The van der Waals surface area contributed by atoms with E-state index in [-0.39, 0.29) is 29.8 Å². The Morgan fingerprint density at radius 3 is 2.72 bits per heavy atom. The first-order valence-electron chi connectivity index (χ1n) is 10.3. The van der Waals surface area contributed by atoms with Gasteiger partial charge in [0.25, 0.3) is 5.91 Å². The summed E-state index contributed by atoms with van der Waals surface area (Å²) in [6.45, 7) is 0. The molecule has 2 saturated heterocycles. The van der Waals surface area contributed by atoms with E-state index in [1.807, 2.05) is 11.6 Å². The van der Waals surface area contributed by atoms with Gasteiger partial charge in [-0.2, -0.15) is 11.8 Å². The number of nitrogens with two attached hydrogens (primary N) is 1. The Morgan fingerprint density at radius 1 is 1.24 bits per heavy atom. The lowest BCUT2D eigenvalue weighted by molar-refractivity contribution is -0.733. The number of quaternary nitrogens is 1. The molecule has 4 aliphatic rings. The summed E-state index contributed by atoms with van der Waals surface area (Å²) in [5.74, 6) is -1.61. The number of thioether (sulfide) groups is 1. The van der Waals surface area contributed by atoms with Gasteiger partial charge in [-0.25, -0.2) is 4.39 Å². The molecule has 1 aromatic rings. The highest BCUT2D eigenvalue weighted by atomic mass is 32.2. The predicted octanol–water partition coefficient (Wildman–Crippen LogP) is 1.22. The number of hydrogen-bond donors (Lipinski definition) is 2. The van der Waals surface area contributed by atoms with Crippen LogP contribution in [0.3, 0.4) is 0 Å². The summed E-state index contributed by atoms with van der Waals surface area (Å²) >= 11 is 1.68. The minimum Gasteiger partial charge on any atom is -0.326 e. The third-order valence-electron chi connectivity index (χ3n) is 7.21. The topological polar surface area (TPSA) is 83.1 Å². The number of nitrogens with one attached hydrogen (secondary N) is 1. The number of rotatable bonds is 4. The minimum atomic E-state index is -1.26. The zero-order chi connectivity index (χ0) is 20.3. The van der Waals surface area contributed by atoms with Crippen LogP contribution >= 0.6 is 11.8 Å². The SMILES string of the molecule is CSCC[C@@H]1[NH2+][C@]2(C(=O)Nc3ccc(F)cc32)[C@H]2C(=O)N(C3CCCC3)C(=O)[C@H]12. The normalized spacial score (nSPS) is 33.7. The molecule has 3 N–H and O–H groups in total. The summed E-state index contributed by atoms with van der Waals surface area (Å²) in [4.78, 5) is 41.8. The molecule has 1 saturated carbocycles. The summed E-state index contributed by atoms with van der Waals surface area (Å²) < 4.78 is 14.1. The number of amides is 3. The van der Waals surface area contributed by atoms with Crippen molar-refractivity contribution >= 4 is 35.2 Å². The van der Waals surface area contributed by atoms with Gasteiger partial charge in [-0.05, 0) is 43.0 Å². The number of likely N-dealkylation sites (tertiary alicyclic amines) is 1. The van der Waals surface area contributed by atoms with Crippen LogP contribution in [0.25, 0.3) is 0 Å². The second kappa shape index (κ2) is 6.80. The number of carbonyl (C=O) groups is 3. The van der Waals surface area contributed by atoms with E-state index in [1.165, 1.54) is 17.0 Å². The quantitative estimate of drug-likeness (QED) is 0.721. The van der Waals surface area contributed by atoms with Gasteiger partial charge < -0.3 is 10.6 Å². The van der Waals surface area contributed by atoms with E-state index in [9.17, 15) is 18.8 Å². The van der Waals surface area contributed by atoms with E-state index in [2.05, 4.69) is 5.32 Å². The highest BCUT2D eigenvalue weighted by Gasteiger charge is 2.74. The van der Waals surface area contributed by atoms with Crippen LogP contribution in [0.5, 0.6) is 0 Å². The van der Waals surface area contributed by atoms with Crippen molar-refractivity contribution in [2.75, 3.05) is 17.3 Å². The fraction of sp³-hybridized carbons (Fsp3) is 0.571. The molecule has 1 aromatic carbocycles. The molecular formula is C21H25FN3O3S+. The third kappa shape index (κ3) is 2.54. The molecule has 29 heavy (non-hydrogen) atoms. The molecule has 0 aromatic heterocycles. The van der Waals surface area contributed by atoms with Gasteiger partial charge in [0.05, 0.1) is 5.69 Å². The Labute approximate surface area is 173 Å². The van der Waals surface area contributed by atoms with Crippen LogP contribution in [0, 0.1) is 17.7 Å². The van der Waals surface area contributed by atoms with Crippen LogP contribution in [0.15, 0.2) is 18.2 Å². The summed E-state index contributed by atoms with van der Waals surface area (Å²) in [5, 5.41) is 4.73. The summed E-state index contributed by atoms with van der Waals surface area (Å²) in [6.07, 6.45) is 6.42. The Bertz CT molecular complexity index is 903. The van der Waals surface area contributed by atoms with E-state index in [0.717, 1.165) is 37.9 Å². The summed E-state index contributed by atoms with van der Waals surface area (Å²) in [5.41, 5.74) is -0.222. The van der Waals surface area contributed by atoms with Gasteiger partial charge in [-0.15, -0.1) is 0 Å². The van der Waals surface area contributed by atoms with Crippen LogP contribution in [0.1, 0.15) is 37.7 Å². The van der Waals surface area contributed by atoms with Crippen LogP contribution in [0.4, 0.5) is 10.1 Å². The van der Waals surface area contributed by atoms with Gasteiger partial charge >= 0.3 is 0 Å². The molecule has 3 heterocycles. The monoisotopic (exact) mass is 418 g/mol. The van der Waals surface area contributed by atoms with E-state index >= 15 is 0 Å². The molecule has 0 bridgehead atoms. The molecule has 4 atom stereocenters. The average molecular weight is 419 g/mol. The van der Waals surface area contributed by atoms with Crippen molar-refractivity contribution in [3.8, 4) is 0 Å². The van der Waals surface area contributed by atoms with Crippen molar-refractivity contribution < 1.29 is 24.1 Å². The third-order valence-corrected chi connectivity index (χ3v) is 7.85. The number of hydrogen-bond acceptors (Lipinski definition) is 4. The maximum absolute atomic E-state index is 14.1. The number of carbonyl (C=O) groups excluding carboxylic acids is 3. The van der Waals surface area contributed by atoms with Crippen LogP contribution < -0.4 is 10.6 Å². The highest BCUT2D eigenvalue weighted by molar-refractivity contribution is 7.98. The fourth-order valence-corrected chi connectivity index (χ4v) is 6.51. The second-order valence-electron chi connectivity index (χ2n) is 8.61. The lowest BCUT2D eigenvalue weighted by Gasteiger charge is -2.28. The molecule has 1 spiro atoms. The molecular weight excluding hydrogens is 393 g/mol. The molecule has 0 radical (unpaired) electrons. The Hall–Kier alpha value is -1.93. The zero-order valence-corrected chi connectivity index (χ0v) is 17.1. The average Bonchev–Trinajstić information content (AvgIpc) is 3.43. The smallest absolute Gasteiger partial charge is 0.291 e. The number of imide groups is 1. The first kappa shape index (κ1) is 19.1. The van der Waals surface area contributed by atoms with Crippen LogP contribution in [0.2, 0.25) is 0 Å². The molecule has 3 fully saturated rings. The molecule has 8 heteroatoms. The maximum atomic E-state index is 14.1. The van der Waals surface area contributed by atoms with E-state index in [4.69, 9.17) is 0 Å². The van der Waals surface area contributed by atoms with Crippen molar-refractivity contribution in [3.63, 3.8) is 0 Å². The predicted molar refractivity (Wildman–Crippen MR) is 107 cm³/mol. The van der Waals surface area contributed by atoms with Crippen molar-refractivity contribution in [1.82, 2.24) is 4.90 Å². The van der Waals surface area contributed by atoms with Crippen molar-refractivity contribution in [2.45, 2.75) is 49.7 Å².